The summed E-state index contributed by atoms with van der Waals surface area (Å²) in [5.41, 5.74) is 4.89. The second-order valence-electron chi connectivity index (χ2n) is 5.32. The minimum absolute atomic E-state index is 0.285. The number of rotatable bonds is 10. The Kier molecular flexibility index (Phi) is 7.41. The third kappa shape index (κ3) is 5.80. The van der Waals surface area contributed by atoms with Crippen LogP contribution in [0.3, 0.4) is 0 Å². The molecule has 21 heavy (non-hydrogen) atoms. The van der Waals surface area contributed by atoms with Crippen molar-refractivity contribution in [3.05, 3.63) is 0 Å². The summed E-state index contributed by atoms with van der Waals surface area (Å²) in [6.45, 7) is 4.75. The van der Waals surface area contributed by atoms with E-state index in [-0.39, 0.29) is 5.91 Å². The Balaban J connectivity index is 2.38. The van der Waals surface area contributed by atoms with Crippen LogP contribution >= 0.6 is 23.1 Å². The van der Waals surface area contributed by atoms with E-state index in [1.54, 1.807) is 23.1 Å². The van der Waals surface area contributed by atoms with Crippen LogP contribution in [0.15, 0.2) is 4.34 Å². The summed E-state index contributed by atoms with van der Waals surface area (Å²) in [5, 5.41) is 12.4. The van der Waals surface area contributed by atoms with Crippen molar-refractivity contribution >= 4 is 34.1 Å². The van der Waals surface area contributed by atoms with Gasteiger partial charge in [-0.3, -0.25) is 4.79 Å². The Morgan fingerprint density at radius 2 is 2.19 bits per heavy atom. The van der Waals surface area contributed by atoms with Crippen molar-refractivity contribution in [2.45, 2.75) is 43.0 Å². The number of aromatic nitrogens is 2. The molecule has 1 aromatic rings. The van der Waals surface area contributed by atoms with Crippen molar-refractivity contribution in [1.29, 1.82) is 0 Å². The van der Waals surface area contributed by atoms with E-state index in [1.807, 2.05) is 25.9 Å². The molecule has 0 aliphatic heterocycles. The molecule has 1 unspecified atom stereocenters. The molecule has 3 N–H and O–H groups in total. The normalized spacial score (nSPS) is 13.9. The number of amides is 1. The lowest BCUT2D eigenvalue weighted by molar-refractivity contribution is -0.124. The Hall–Kier alpha value is -0.860. The lowest BCUT2D eigenvalue weighted by Gasteiger charge is -2.27. The van der Waals surface area contributed by atoms with E-state index >= 15 is 0 Å². The predicted molar refractivity (Wildman–Crippen MR) is 90.1 cm³/mol. The molecule has 6 nitrogen and oxygen atoms in total. The van der Waals surface area contributed by atoms with Crippen LogP contribution < -0.4 is 16.0 Å². The molecule has 0 aromatic carbocycles. The fraction of sp³-hybridized carbons (Fsp3) is 0.769. The number of primary amides is 1. The standard InChI is InChI=1S/C13H25N5OS2/c1-5-8-15-13(2,10(14)19)7-6-9-20-12-17-16-11(21-12)18(3)4/h15H,5-9H2,1-4H3,(H2,14,19). The molecule has 0 spiro atoms. The summed E-state index contributed by atoms with van der Waals surface area (Å²) in [6, 6.07) is 0. The van der Waals surface area contributed by atoms with Crippen molar-refractivity contribution in [1.82, 2.24) is 15.5 Å². The third-order valence-corrected chi connectivity index (χ3v) is 5.44. The van der Waals surface area contributed by atoms with E-state index < -0.39 is 5.54 Å². The van der Waals surface area contributed by atoms with Gasteiger partial charge in [-0.05, 0) is 32.7 Å². The third-order valence-electron chi connectivity index (χ3n) is 3.13. The van der Waals surface area contributed by atoms with Crippen LogP contribution in [0.2, 0.25) is 0 Å². The van der Waals surface area contributed by atoms with Gasteiger partial charge in [0.1, 0.15) is 0 Å². The smallest absolute Gasteiger partial charge is 0.237 e. The zero-order valence-electron chi connectivity index (χ0n) is 13.2. The molecular formula is C13H25N5OS2. The van der Waals surface area contributed by atoms with Gasteiger partial charge < -0.3 is 16.0 Å². The molecule has 8 heteroatoms. The van der Waals surface area contributed by atoms with Gasteiger partial charge in [-0.15, -0.1) is 10.2 Å². The van der Waals surface area contributed by atoms with E-state index in [0.29, 0.717) is 0 Å². The molecular weight excluding hydrogens is 306 g/mol. The zero-order chi connectivity index (χ0) is 15.9. The molecule has 120 valence electrons. The molecule has 1 rings (SSSR count). The van der Waals surface area contributed by atoms with Crippen LogP contribution in [0.4, 0.5) is 5.13 Å². The van der Waals surface area contributed by atoms with E-state index in [2.05, 4.69) is 22.4 Å². The zero-order valence-corrected chi connectivity index (χ0v) is 14.8. The van der Waals surface area contributed by atoms with Crippen molar-refractivity contribution in [3.63, 3.8) is 0 Å². The molecule has 1 amide bonds. The minimum atomic E-state index is -0.619. The van der Waals surface area contributed by atoms with Gasteiger partial charge in [0.25, 0.3) is 0 Å². The summed E-state index contributed by atoms with van der Waals surface area (Å²) in [5.74, 6) is 0.616. The van der Waals surface area contributed by atoms with Gasteiger partial charge in [0, 0.05) is 19.8 Å². The van der Waals surface area contributed by atoms with E-state index in [1.165, 1.54) is 0 Å². The molecule has 0 radical (unpaired) electrons. The quantitative estimate of drug-likeness (QED) is 0.502. The highest BCUT2D eigenvalue weighted by Gasteiger charge is 2.29. The number of nitrogens with two attached hydrogens (primary N) is 1. The lowest BCUT2D eigenvalue weighted by Crippen LogP contribution is -2.53. The second-order valence-corrected chi connectivity index (χ2v) is 7.62. The number of anilines is 1. The summed E-state index contributed by atoms with van der Waals surface area (Å²) in [6.07, 6.45) is 2.61. The SMILES string of the molecule is CCCNC(C)(CCCSc1nnc(N(C)C)s1)C(N)=O. The highest BCUT2D eigenvalue weighted by atomic mass is 32.2. The average Bonchev–Trinajstić information content (AvgIpc) is 2.90. The summed E-state index contributed by atoms with van der Waals surface area (Å²) in [4.78, 5) is 13.5. The van der Waals surface area contributed by atoms with E-state index in [9.17, 15) is 4.79 Å². The van der Waals surface area contributed by atoms with Crippen LogP contribution in [-0.4, -0.2) is 48.0 Å². The Morgan fingerprint density at radius 1 is 1.48 bits per heavy atom. The molecule has 0 fully saturated rings. The maximum Gasteiger partial charge on any atom is 0.237 e. The van der Waals surface area contributed by atoms with E-state index in [0.717, 1.165) is 41.0 Å². The van der Waals surface area contributed by atoms with Gasteiger partial charge in [-0.1, -0.05) is 30.0 Å². The number of thioether (sulfide) groups is 1. The monoisotopic (exact) mass is 331 g/mol. The van der Waals surface area contributed by atoms with Gasteiger partial charge in [0.15, 0.2) is 4.34 Å². The first kappa shape index (κ1) is 18.2. The largest absolute Gasteiger partial charge is 0.368 e. The van der Waals surface area contributed by atoms with Crippen LogP contribution in [0.25, 0.3) is 0 Å². The second kappa shape index (κ2) is 8.55. The van der Waals surface area contributed by atoms with Crippen LogP contribution in [-0.2, 0) is 4.79 Å². The minimum Gasteiger partial charge on any atom is -0.368 e. The molecule has 1 aromatic heterocycles. The fourth-order valence-electron chi connectivity index (χ4n) is 1.73. The predicted octanol–water partition coefficient (Wildman–Crippen LogP) is 1.72. The topological polar surface area (TPSA) is 84.1 Å². The number of hydrogen-bond donors (Lipinski definition) is 2. The number of nitrogens with zero attached hydrogens (tertiary/aromatic N) is 3. The maximum absolute atomic E-state index is 11.6. The van der Waals surface area contributed by atoms with Gasteiger partial charge in [0.2, 0.25) is 11.0 Å². The number of carbonyl (C=O) groups is 1. The Labute approximate surface area is 134 Å². The summed E-state index contributed by atoms with van der Waals surface area (Å²) >= 11 is 3.25. The summed E-state index contributed by atoms with van der Waals surface area (Å²) in [7, 11) is 3.90. The first-order chi connectivity index (χ1) is 9.89. The van der Waals surface area contributed by atoms with Gasteiger partial charge in [0.05, 0.1) is 5.54 Å². The Morgan fingerprint density at radius 3 is 2.71 bits per heavy atom. The van der Waals surface area contributed by atoms with Crippen molar-refractivity contribution < 1.29 is 4.79 Å². The number of hydrogen-bond acceptors (Lipinski definition) is 7. The highest BCUT2D eigenvalue weighted by molar-refractivity contribution is 8.01. The number of nitrogens with one attached hydrogen (secondary N) is 1. The van der Waals surface area contributed by atoms with E-state index in [4.69, 9.17) is 5.73 Å². The average molecular weight is 332 g/mol. The van der Waals surface area contributed by atoms with Gasteiger partial charge >= 0.3 is 0 Å². The first-order valence-electron chi connectivity index (χ1n) is 7.07. The number of carbonyl (C=O) groups excluding carboxylic acids is 1. The molecule has 0 saturated heterocycles. The molecule has 0 aliphatic rings. The van der Waals surface area contributed by atoms with Crippen LogP contribution in [0, 0.1) is 0 Å². The maximum atomic E-state index is 11.6. The highest BCUT2D eigenvalue weighted by Crippen LogP contribution is 2.28. The molecule has 1 heterocycles. The van der Waals surface area contributed by atoms with Gasteiger partial charge in [-0.25, -0.2) is 0 Å². The molecule has 0 aliphatic carbocycles. The van der Waals surface area contributed by atoms with Crippen molar-refractivity contribution in [3.8, 4) is 0 Å². The molecule has 0 saturated carbocycles. The molecule has 0 bridgehead atoms. The summed E-state index contributed by atoms with van der Waals surface area (Å²) < 4.78 is 0.959. The van der Waals surface area contributed by atoms with Crippen molar-refractivity contribution in [2.24, 2.45) is 5.73 Å². The fourth-order valence-corrected chi connectivity index (χ4v) is 3.50. The van der Waals surface area contributed by atoms with Crippen molar-refractivity contribution in [2.75, 3.05) is 31.3 Å². The molecule has 1 atom stereocenters. The lowest BCUT2D eigenvalue weighted by atomic mass is 9.95. The first-order valence-corrected chi connectivity index (χ1v) is 8.88. The Bertz CT molecular complexity index is 452. The van der Waals surface area contributed by atoms with Crippen LogP contribution in [0.5, 0.6) is 0 Å². The van der Waals surface area contributed by atoms with Crippen LogP contribution in [0.1, 0.15) is 33.1 Å². The van der Waals surface area contributed by atoms with Gasteiger partial charge in [-0.2, -0.15) is 0 Å².